The van der Waals surface area contributed by atoms with E-state index in [4.69, 9.17) is 24.1 Å². The summed E-state index contributed by atoms with van der Waals surface area (Å²) in [5.41, 5.74) is 0. The highest BCUT2D eigenvalue weighted by Crippen LogP contribution is 2.33. The number of hydrogen-bond acceptors (Lipinski definition) is 10. The van der Waals surface area contributed by atoms with Crippen LogP contribution in [-0.4, -0.2) is 105 Å². The monoisotopic (exact) mass is 324 g/mol. The lowest BCUT2D eigenvalue weighted by atomic mass is 9.98. The molecule has 3 saturated heterocycles. The molecule has 0 aromatic heterocycles. The number of aliphatic hydroxyl groups excluding tert-OH is 6. The smallest absolute Gasteiger partial charge is 0.187 e. The van der Waals surface area contributed by atoms with Crippen molar-refractivity contribution in [1.29, 1.82) is 0 Å². The maximum absolute atomic E-state index is 9.93. The molecule has 128 valence electrons. The fourth-order valence-electron chi connectivity index (χ4n) is 2.94. The van der Waals surface area contributed by atoms with Crippen molar-refractivity contribution in [2.75, 3.05) is 13.2 Å². The third-order valence-electron chi connectivity index (χ3n) is 4.23. The maximum Gasteiger partial charge on any atom is 0.187 e. The third-order valence-corrected chi connectivity index (χ3v) is 4.23. The van der Waals surface area contributed by atoms with Gasteiger partial charge in [-0.2, -0.15) is 0 Å². The molecule has 4 unspecified atom stereocenters. The number of hydrogen-bond donors (Lipinski definition) is 6. The molecule has 10 atom stereocenters. The van der Waals surface area contributed by atoms with E-state index < -0.39 is 68.0 Å². The average molecular weight is 324 g/mol. The summed E-state index contributed by atoms with van der Waals surface area (Å²) in [6.07, 6.45) is -12.1. The Balaban J connectivity index is 1.70. The molecule has 6 N–H and O–H groups in total. The van der Waals surface area contributed by atoms with Gasteiger partial charge in [0.15, 0.2) is 12.6 Å². The fourth-order valence-corrected chi connectivity index (χ4v) is 2.94. The second-order valence-corrected chi connectivity index (χ2v) is 5.65. The molecular weight excluding hydrogens is 304 g/mol. The van der Waals surface area contributed by atoms with E-state index in [1.165, 1.54) is 0 Å². The molecule has 22 heavy (non-hydrogen) atoms. The van der Waals surface area contributed by atoms with Crippen LogP contribution in [0.25, 0.3) is 0 Å². The molecule has 0 amide bonds. The van der Waals surface area contributed by atoms with Crippen LogP contribution < -0.4 is 0 Å². The highest BCUT2D eigenvalue weighted by molar-refractivity contribution is 4.97. The first-order valence-electron chi connectivity index (χ1n) is 7.03. The Hall–Kier alpha value is -0.400. The maximum atomic E-state index is 9.93. The van der Waals surface area contributed by atoms with Crippen molar-refractivity contribution in [3.63, 3.8) is 0 Å². The number of fused-ring (bicyclic) bond motifs is 2. The molecule has 0 spiro atoms. The van der Waals surface area contributed by atoms with E-state index in [-0.39, 0.29) is 6.61 Å². The Kier molecular flexibility index (Phi) is 4.67. The van der Waals surface area contributed by atoms with Crippen LogP contribution in [0.3, 0.4) is 0 Å². The summed E-state index contributed by atoms with van der Waals surface area (Å²) in [6.45, 7) is -0.489. The number of aliphatic hydroxyl groups is 6. The SMILES string of the molecule is OCC1O[C@@H](O[C@@H]2C3CO[C@@H]2C(O)[C@H](O)O3)C(O)[C@@H](O)[C@H]1O. The van der Waals surface area contributed by atoms with Gasteiger partial charge < -0.3 is 49.6 Å². The van der Waals surface area contributed by atoms with E-state index in [1.54, 1.807) is 0 Å². The van der Waals surface area contributed by atoms with Crippen LogP contribution in [-0.2, 0) is 18.9 Å². The van der Waals surface area contributed by atoms with E-state index in [1.807, 2.05) is 0 Å². The van der Waals surface area contributed by atoms with Crippen LogP contribution in [0.15, 0.2) is 0 Å². The minimum atomic E-state index is -1.56. The largest absolute Gasteiger partial charge is 0.394 e. The van der Waals surface area contributed by atoms with Crippen molar-refractivity contribution in [3.8, 4) is 0 Å². The predicted octanol–water partition coefficient (Wildman–Crippen LogP) is -4.35. The van der Waals surface area contributed by atoms with Crippen molar-refractivity contribution in [3.05, 3.63) is 0 Å². The summed E-state index contributed by atoms with van der Waals surface area (Å²) in [4.78, 5) is 0. The van der Waals surface area contributed by atoms with Crippen LogP contribution in [0.2, 0.25) is 0 Å². The lowest BCUT2D eigenvalue weighted by Gasteiger charge is -2.43. The molecule has 3 aliphatic rings. The molecule has 3 rings (SSSR count). The highest BCUT2D eigenvalue weighted by Gasteiger charge is 2.54. The lowest BCUT2D eigenvalue weighted by Crippen LogP contribution is -2.62. The summed E-state index contributed by atoms with van der Waals surface area (Å²) < 4.78 is 21.2. The van der Waals surface area contributed by atoms with Crippen LogP contribution in [0.4, 0.5) is 0 Å². The van der Waals surface area contributed by atoms with E-state index in [9.17, 15) is 25.5 Å². The summed E-state index contributed by atoms with van der Waals surface area (Å²) >= 11 is 0. The second-order valence-electron chi connectivity index (χ2n) is 5.65. The molecule has 0 saturated carbocycles. The molecule has 3 fully saturated rings. The van der Waals surface area contributed by atoms with Gasteiger partial charge in [0.1, 0.15) is 48.8 Å². The van der Waals surface area contributed by atoms with Gasteiger partial charge in [0, 0.05) is 0 Å². The molecule has 10 heteroatoms. The van der Waals surface area contributed by atoms with E-state index in [0.717, 1.165) is 0 Å². The molecule has 2 bridgehead atoms. The predicted molar refractivity (Wildman–Crippen MR) is 65.3 cm³/mol. The van der Waals surface area contributed by atoms with Gasteiger partial charge in [-0.15, -0.1) is 0 Å². The average Bonchev–Trinajstić information content (AvgIpc) is 2.82. The van der Waals surface area contributed by atoms with Crippen molar-refractivity contribution in [1.82, 2.24) is 0 Å². The van der Waals surface area contributed by atoms with Gasteiger partial charge >= 0.3 is 0 Å². The third kappa shape index (κ3) is 2.65. The molecule has 0 aromatic carbocycles. The Morgan fingerprint density at radius 1 is 0.909 bits per heavy atom. The zero-order valence-electron chi connectivity index (χ0n) is 11.5. The van der Waals surface area contributed by atoms with E-state index in [2.05, 4.69) is 0 Å². The minimum absolute atomic E-state index is 0.0842. The minimum Gasteiger partial charge on any atom is -0.394 e. The summed E-state index contributed by atoms with van der Waals surface area (Å²) in [7, 11) is 0. The quantitative estimate of drug-likeness (QED) is 0.299. The van der Waals surface area contributed by atoms with Gasteiger partial charge in [-0.1, -0.05) is 0 Å². The molecule has 3 aliphatic heterocycles. The van der Waals surface area contributed by atoms with Crippen molar-refractivity contribution >= 4 is 0 Å². The van der Waals surface area contributed by atoms with E-state index in [0.29, 0.717) is 0 Å². The first-order valence-corrected chi connectivity index (χ1v) is 7.03. The second kappa shape index (κ2) is 6.24. The molecule has 3 heterocycles. The molecule has 10 nitrogen and oxygen atoms in total. The van der Waals surface area contributed by atoms with Gasteiger partial charge in [-0.05, 0) is 0 Å². The lowest BCUT2D eigenvalue weighted by molar-refractivity contribution is -0.336. The molecule has 0 radical (unpaired) electrons. The number of rotatable bonds is 3. The zero-order valence-corrected chi connectivity index (χ0v) is 11.5. The van der Waals surface area contributed by atoms with Crippen LogP contribution in [0.5, 0.6) is 0 Å². The summed E-state index contributed by atoms with van der Waals surface area (Å²) in [5.74, 6) is 0. The molecule has 0 aliphatic carbocycles. The standard InChI is InChI=1S/C12H20O10/c13-1-3-5(14)6(15)7(16)12(21-3)22-9-4-2-19-10(9)8(17)11(18)20-4/h3-18H,1-2H2/t3?,4?,5-,6-,7?,8?,9+,10+,11+,12-/m0/s1. The summed E-state index contributed by atoms with van der Waals surface area (Å²) in [6, 6.07) is 0. The first-order chi connectivity index (χ1) is 10.4. The van der Waals surface area contributed by atoms with Gasteiger partial charge in [-0.3, -0.25) is 0 Å². The zero-order chi connectivity index (χ0) is 16.0. The van der Waals surface area contributed by atoms with Crippen molar-refractivity contribution < 1.29 is 49.6 Å². The van der Waals surface area contributed by atoms with Crippen LogP contribution in [0, 0.1) is 0 Å². The van der Waals surface area contributed by atoms with Crippen LogP contribution in [0.1, 0.15) is 0 Å². The van der Waals surface area contributed by atoms with E-state index >= 15 is 0 Å². The van der Waals surface area contributed by atoms with Crippen molar-refractivity contribution in [2.24, 2.45) is 0 Å². The van der Waals surface area contributed by atoms with Gasteiger partial charge in [0.25, 0.3) is 0 Å². The summed E-state index contributed by atoms with van der Waals surface area (Å²) in [5, 5.41) is 57.8. The fraction of sp³-hybridized carbons (Fsp3) is 1.00. The highest BCUT2D eigenvalue weighted by atomic mass is 16.7. The van der Waals surface area contributed by atoms with Crippen LogP contribution >= 0.6 is 0 Å². The number of ether oxygens (including phenoxy) is 4. The molecular formula is C12H20O10. The Morgan fingerprint density at radius 3 is 2.32 bits per heavy atom. The normalized spacial score (nSPS) is 55.4. The van der Waals surface area contributed by atoms with Gasteiger partial charge in [0.2, 0.25) is 0 Å². The first kappa shape index (κ1) is 16.5. The van der Waals surface area contributed by atoms with Gasteiger partial charge in [-0.25, -0.2) is 0 Å². The Bertz CT molecular complexity index is 392. The Morgan fingerprint density at radius 2 is 1.64 bits per heavy atom. The molecule has 0 aromatic rings. The van der Waals surface area contributed by atoms with Crippen molar-refractivity contribution in [2.45, 2.75) is 61.4 Å². The Labute approximate surface area is 125 Å². The topological polar surface area (TPSA) is 158 Å². The van der Waals surface area contributed by atoms with Gasteiger partial charge in [0.05, 0.1) is 13.2 Å².